The van der Waals surface area contributed by atoms with E-state index >= 15 is 4.39 Å². The number of aromatic nitrogens is 2. The van der Waals surface area contributed by atoms with Crippen LogP contribution >= 0.6 is 11.6 Å². The Morgan fingerprint density at radius 3 is 2.47 bits per heavy atom. The number of carbonyl (C=O) groups excluding carboxylic acids is 1. The summed E-state index contributed by atoms with van der Waals surface area (Å²) in [7, 11) is 0. The highest BCUT2D eigenvalue weighted by Crippen LogP contribution is 2.41. The lowest BCUT2D eigenvalue weighted by molar-refractivity contribution is -0.189. The Hall–Kier alpha value is -3.67. The van der Waals surface area contributed by atoms with Gasteiger partial charge in [0.15, 0.2) is 11.8 Å². The highest BCUT2D eigenvalue weighted by atomic mass is 35.5. The van der Waals surface area contributed by atoms with Crippen LogP contribution in [0.2, 0.25) is 5.02 Å². The number of carboxylic acid groups (broad SMARTS) is 1. The summed E-state index contributed by atoms with van der Waals surface area (Å²) >= 11 is 5.90. The molecule has 1 fully saturated rings. The van der Waals surface area contributed by atoms with Crippen LogP contribution in [0.25, 0.3) is 11.3 Å². The van der Waals surface area contributed by atoms with Crippen molar-refractivity contribution in [2.24, 2.45) is 0 Å². The minimum Gasteiger partial charge on any atom is -0.480 e. The summed E-state index contributed by atoms with van der Waals surface area (Å²) in [6, 6.07) is 5.89. The number of carboxylic acids is 1. The van der Waals surface area contributed by atoms with Gasteiger partial charge in [-0.05, 0) is 50.1 Å². The number of amides is 1. The first-order valence-electron chi connectivity index (χ1n) is 10.5. The maximum atomic E-state index is 15.3. The number of benzene rings is 2. The van der Waals surface area contributed by atoms with Crippen LogP contribution in [0.15, 0.2) is 36.4 Å². The van der Waals surface area contributed by atoms with Crippen molar-refractivity contribution < 1.29 is 41.4 Å². The van der Waals surface area contributed by atoms with E-state index in [1.807, 2.05) is 0 Å². The molecule has 0 radical (unpaired) electrons. The number of aromatic carboxylic acids is 1. The quantitative estimate of drug-likeness (QED) is 0.361. The summed E-state index contributed by atoms with van der Waals surface area (Å²) in [5.41, 5.74) is -1.85. The lowest BCUT2D eigenvalue weighted by atomic mass is 10.0. The Balaban J connectivity index is 1.82. The average molecular weight is 530 g/mol. The van der Waals surface area contributed by atoms with E-state index in [0.717, 1.165) is 18.2 Å². The third kappa shape index (κ3) is 5.13. The number of hydrogen-bond acceptors (Lipinski definition) is 4. The third-order valence-corrected chi connectivity index (χ3v) is 5.72. The van der Waals surface area contributed by atoms with Crippen LogP contribution in [0.3, 0.4) is 0 Å². The topological polar surface area (TPSA) is 93.4 Å². The molecule has 2 aromatic carbocycles. The summed E-state index contributed by atoms with van der Waals surface area (Å²) < 4.78 is 75.4. The standard InChI is InChI=1S/C23H17ClF5N3O4/c1-10(23(27,28)29)36-19-8-12(18-9-17(22(34)35)31-32(18)11-5-6-11)16(26)7-13(19)21(33)30-20-14(24)3-2-4-15(20)25/h2-4,7-11H,5-6H2,1H3,(H,30,33)(H,34,35). The van der Waals surface area contributed by atoms with Gasteiger partial charge in [0.1, 0.15) is 17.4 Å². The van der Waals surface area contributed by atoms with Gasteiger partial charge in [-0.2, -0.15) is 18.3 Å². The predicted molar refractivity (Wildman–Crippen MR) is 118 cm³/mol. The fraction of sp³-hybridized carbons (Fsp3) is 0.261. The summed E-state index contributed by atoms with van der Waals surface area (Å²) in [6.45, 7) is 0.690. The molecule has 3 aromatic rings. The van der Waals surface area contributed by atoms with E-state index in [1.54, 1.807) is 0 Å². The zero-order valence-corrected chi connectivity index (χ0v) is 19.1. The van der Waals surface area contributed by atoms with Gasteiger partial charge in [-0.3, -0.25) is 9.48 Å². The molecule has 1 aliphatic rings. The van der Waals surface area contributed by atoms with Crippen molar-refractivity contribution in [3.63, 3.8) is 0 Å². The second-order valence-electron chi connectivity index (χ2n) is 8.08. The Labute approximate surface area is 205 Å². The summed E-state index contributed by atoms with van der Waals surface area (Å²) in [5, 5.41) is 15.2. The highest BCUT2D eigenvalue weighted by Gasteiger charge is 2.39. The molecule has 2 N–H and O–H groups in total. The molecule has 0 aliphatic heterocycles. The molecule has 1 amide bonds. The van der Waals surface area contributed by atoms with Gasteiger partial charge in [-0.1, -0.05) is 17.7 Å². The summed E-state index contributed by atoms with van der Waals surface area (Å²) in [6.07, 6.45) is -5.94. The number of nitrogens with zero attached hydrogens (tertiary/aromatic N) is 2. The molecule has 1 heterocycles. The minimum absolute atomic E-state index is 0.0129. The number of carbonyl (C=O) groups is 2. The first kappa shape index (κ1) is 25.4. The normalized spacial score (nSPS) is 14.4. The van der Waals surface area contributed by atoms with Gasteiger partial charge in [0.25, 0.3) is 5.91 Å². The Morgan fingerprint density at radius 1 is 1.19 bits per heavy atom. The fourth-order valence-electron chi connectivity index (χ4n) is 3.38. The van der Waals surface area contributed by atoms with Crippen molar-refractivity contribution in [2.75, 3.05) is 5.32 Å². The van der Waals surface area contributed by atoms with Crippen molar-refractivity contribution in [3.05, 3.63) is 64.3 Å². The first-order chi connectivity index (χ1) is 16.9. The van der Waals surface area contributed by atoms with Gasteiger partial charge in [0, 0.05) is 5.56 Å². The third-order valence-electron chi connectivity index (χ3n) is 5.40. The Kier molecular flexibility index (Phi) is 6.65. The second kappa shape index (κ2) is 9.41. The van der Waals surface area contributed by atoms with Crippen LogP contribution in [-0.2, 0) is 0 Å². The van der Waals surface area contributed by atoms with E-state index in [-0.39, 0.29) is 22.3 Å². The number of para-hydroxylation sites is 1. The van der Waals surface area contributed by atoms with Gasteiger partial charge in [-0.25, -0.2) is 13.6 Å². The molecular weight excluding hydrogens is 513 g/mol. The van der Waals surface area contributed by atoms with Crippen LogP contribution < -0.4 is 10.1 Å². The predicted octanol–water partition coefficient (Wildman–Crippen LogP) is 6.10. The van der Waals surface area contributed by atoms with Gasteiger partial charge in [0.2, 0.25) is 0 Å². The molecule has 1 atom stereocenters. The van der Waals surface area contributed by atoms with Crippen molar-refractivity contribution in [3.8, 4) is 17.0 Å². The molecule has 1 saturated carbocycles. The van der Waals surface area contributed by atoms with Crippen LogP contribution in [0.1, 0.15) is 46.7 Å². The number of nitrogens with one attached hydrogen (secondary N) is 1. The van der Waals surface area contributed by atoms with E-state index in [2.05, 4.69) is 10.4 Å². The van der Waals surface area contributed by atoms with Gasteiger partial charge >= 0.3 is 12.1 Å². The van der Waals surface area contributed by atoms with Crippen LogP contribution in [0, 0.1) is 11.6 Å². The van der Waals surface area contributed by atoms with E-state index < -0.39 is 58.5 Å². The molecule has 1 aliphatic carbocycles. The van der Waals surface area contributed by atoms with Crippen molar-refractivity contribution in [1.29, 1.82) is 0 Å². The molecule has 1 aromatic heterocycles. The van der Waals surface area contributed by atoms with Crippen LogP contribution in [0.5, 0.6) is 5.75 Å². The number of rotatable bonds is 7. The molecule has 36 heavy (non-hydrogen) atoms. The smallest absolute Gasteiger partial charge is 0.425 e. The molecule has 13 heteroatoms. The largest absolute Gasteiger partial charge is 0.480 e. The Morgan fingerprint density at radius 2 is 1.89 bits per heavy atom. The number of alkyl halides is 3. The van der Waals surface area contributed by atoms with Crippen molar-refractivity contribution in [1.82, 2.24) is 9.78 Å². The lowest BCUT2D eigenvalue weighted by Gasteiger charge is -2.21. The second-order valence-corrected chi connectivity index (χ2v) is 8.48. The van der Waals surface area contributed by atoms with E-state index in [9.17, 15) is 32.3 Å². The molecule has 1 unspecified atom stereocenters. The number of halogens is 6. The molecular formula is C23H17ClF5N3O4. The Bertz CT molecular complexity index is 1330. The molecule has 0 spiro atoms. The summed E-state index contributed by atoms with van der Waals surface area (Å²) in [4.78, 5) is 24.3. The first-order valence-corrected chi connectivity index (χ1v) is 10.9. The maximum Gasteiger partial charge on any atom is 0.425 e. The van der Waals surface area contributed by atoms with E-state index in [4.69, 9.17) is 16.3 Å². The van der Waals surface area contributed by atoms with Crippen LogP contribution in [0.4, 0.5) is 27.6 Å². The van der Waals surface area contributed by atoms with Crippen molar-refractivity contribution in [2.45, 2.75) is 38.1 Å². The highest BCUT2D eigenvalue weighted by molar-refractivity contribution is 6.34. The molecule has 190 valence electrons. The molecule has 0 saturated heterocycles. The number of anilines is 1. The van der Waals surface area contributed by atoms with E-state index in [1.165, 1.54) is 16.8 Å². The molecule has 7 nitrogen and oxygen atoms in total. The zero-order chi connectivity index (χ0) is 26.4. The molecule has 0 bridgehead atoms. The number of ether oxygens (including phenoxy) is 1. The fourth-order valence-corrected chi connectivity index (χ4v) is 3.59. The monoisotopic (exact) mass is 529 g/mol. The minimum atomic E-state index is -4.83. The zero-order valence-electron chi connectivity index (χ0n) is 18.4. The van der Waals surface area contributed by atoms with E-state index in [0.29, 0.717) is 25.8 Å². The maximum absolute atomic E-state index is 15.3. The average Bonchev–Trinajstić information content (AvgIpc) is 3.54. The van der Waals surface area contributed by atoms with Gasteiger partial charge < -0.3 is 15.2 Å². The lowest BCUT2D eigenvalue weighted by Crippen LogP contribution is -2.32. The van der Waals surface area contributed by atoms with Crippen LogP contribution in [-0.4, -0.2) is 39.0 Å². The van der Waals surface area contributed by atoms with Crippen molar-refractivity contribution >= 4 is 29.2 Å². The SMILES string of the molecule is CC(Oc1cc(-c2cc(C(=O)O)nn2C2CC2)c(F)cc1C(=O)Nc1c(F)cccc1Cl)C(F)(F)F. The summed E-state index contributed by atoms with van der Waals surface area (Å²) in [5.74, 6) is -5.21. The molecule has 4 rings (SSSR count). The van der Waals surface area contributed by atoms with Gasteiger partial charge in [0.05, 0.1) is 28.0 Å². The van der Waals surface area contributed by atoms with Gasteiger partial charge in [-0.15, -0.1) is 0 Å². The number of hydrogen-bond donors (Lipinski definition) is 2.